The summed E-state index contributed by atoms with van der Waals surface area (Å²) in [5.41, 5.74) is 0.936. The molecule has 68 valence electrons. The molecule has 1 heterocycles. The van der Waals surface area contributed by atoms with Crippen molar-refractivity contribution in [2.24, 2.45) is 0 Å². The second-order valence-corrected chi connectivity index (χ2v) is 4.83. The number of hydrogen-bond donors (Lipinski definition) is 0. The van der Waals surface area contributed by atoms with Gasteiger partial charge in [-0.3, -0.25) is 0 Å². The Morgan fingerprint density at radius 3 is 2.75 bits per heavy atom. The molecule has 1 aromatic heterocycles. The van der Waals surface area contributed by atoms with Crippen LogP contribution in [0.3, 0.4) is 0 Å². The first-order valence-electron chi connectivity index (χ1n) is 3.48. The zero-order chi connectivity index (χ0) is 9.19. The zero-order valence-electron chi connectivity index (χ0n) is 6.90. The molecule has 0 N–H and O–H groups in total. The van der Waals surface area contributed by atoms with E-state index in [9.17, 15) is 8.42 Å². The fraction of sp³-hybridized carbons (Fsp3) is 0.429. The molecule has 0 atom stereocenters. The minimum absolute atomic E-state index is 0.486. The Labute approximate surface area is 76.1 Å². The molecule has 12 heavy (non-hydrogen) atoms. The van der Waals surface area contributed by atoms with Gasteiger partial charge in [0.2, 0.25) is 0 Å². The fourth-order valence-electron chi connectivity index (χ4n) is 0.795. The molecule has 0 unspecified atom stereocenters. The van der Waals surface area contributed by atoms with Crippen molar-refractivity contribution < 1.29 is 12.6 Å². The van der Waals surface area contributed by atoms with Crippen LogP contribution in [0.5, 0.6) is 5.06 Å². The molecule has 0 spiro atoms. The standard InChI is InChI=1S/C7H10O3S2/c1-3-6-4-5-11-7(6)10-12(2,8)9/h4-5H,3H2,1-2H3. The van der Waals surface area contributed by atoms with Crippen LogP contribution in [0.1, 0.15) is 12.5 Å². The lowest BCUT2D eigenvalue weighted by molar-refractivity contribution is 0.497. The predicted molar refractivity (Wildman–Crippen MR) is 49.2 cm³/mol. The summed E-state index contributed by atoms with van der Waals surface area (Å²) < 4.78 is 26.3. The lowest BCUT2D eigenvalue weighted by Crippen LogP contribution is -2.05. The van der Waals surface area contributed by atoms with E-state index in [-0.39, 0.29) is 0 Å². The highest BCUT2D eigenvalue weighted by molar-refractivity contribution is 7.86. The van der Waals surface area contributed by atoms with E-state index >= 15 is 0 Å². The molecule has 0 radical (unpaired) electrons. The molecule has 0 saturated heterocycles. The monoisotopic (exact) mass is 206 g/mol. The van der Waals surface area contributed by atoms with Crippen molar-refractivity contribution in [2.45, 2.75) is 13.3 Å². The van der Waals surface area contributed by atoms with Crippen LogP contribution in [0.4, 0.5) is 0 Å². The average Bonchev–Trinajstić information content (AvgIpc) is 2.31. The molecule has 0 saturated carbocycles. The average molecular weight is 206 g/mol. The van der Waals surface area contributed by atoms with Gasteiger partial charge in [-0.1, -0.05) is 6.92 Å². The molecule has 0 aliphatic heterocycles. The van der Waals surface area contributed by atoms with Gasteiger partial charge in [0.25, 0.3) is 0 Å². The van der Waals surface area contributed by atoms with Crippen molar-refractivity contribution in [1.82, 2.24) is 0 Å². The van der Waals surface area contributed by atoms with Gasteiger partial charge >= 0.3 is 10.1 Å². The molecule has 0 aliphatic rings. The number of aryl methyl sites for hydroxylation is 1. The van der Waals surface area contributed by atoms with Gasteiger partial charge in [0, 0.05) is 5.56 Å². The van der Waals surface area contributed by atoms with Gasteiger partial charge in [-0.2, -0.15) is 8.42 Å². The Kier molecular flexibility index (Phi) is 2.74. The summed E-state index contributed by atoms with van der Waals surface area (Å²) in [5.74, 6) is 0. The van der Waals surface area contributed by atoms with Gasteiger partial charge in [-0.25, -0.2) is 0 Å². The SMILES string of the molecule is CCc1ccsc1OS(C)(=O)=O. The van der Waals surface area contributed by atoms with Crippen LogP contribution in [0, 0.1) is 0 Å². The van der Waals surface area contributed by atoms with Crippen LogP contribution in [-0.2, 0) is 16.5 Å². The largest absolute Gasteiger partial charge is 0.371 e. The lowest BCUT2D eigenvalue weighted by atomic mass is 10.3. The van der Waals surface area contributed by atoms with E-state index in [4.69, 9.17) is 4.18 Å². The van der Waals surface area contributed by atoms with Crippen molar-refractivity contribution in [3.63, 3.8) is 0 Å². The molecule has 1 rings (SSSR count). The second kappa shape index (κ2) is 3.45. The zero-order valence-corrected chi connectivity index (χ0v) is 8.54. The molecule has 0 aliphatic carbocycles. The van der Waals surface area contributed by atoms with Gasteiger partial charge in [0.15, 0.2) is 5.06 Å². The Morgan fingerprint density at radius 2 is 2.25 bits per heavy atom. The van der Waals surface area contributed by atoms with Crippen LogP contribution in [-0.4, -0.2) is 14.7 Å². The van der Waals surface area contributed by atoms with E-state index in [1.807, 2.05) is 18.4 Å². The first kappa shape index (κ1) is 9.54. The van der Waals surface area contributed by atoms with Gasteiger partial charge < -0.3 is 4.18 Å². The van der Waals surface area contributed by atoms with Crippen molar-refractivity contribution in [1.29, 1.82) is 0 Å². The van der Waals surface area contributed by atoms with Crippen molar-refractivity contribution >= 4 is 21.5 Å². The number of hydrogen-bond acceptors (Lipinski definition) is 4. The maximum atomic E-state index is 10.8. The van der Waals surface area contributed by atoms with Crippen LogP contribution in [0.15, 0.2) is 11.4 Å². The summed E-state index contributed by atoms with van der Waals surface area (Å²) in [6.45, 7) is 1.96. The Morgan fingerprint density at radius 1 is 1.58 bits per heavy atom. The summed E-state index contributed by atoms with van der Waals surface area (Å²) in [6.07, 6.45) is 1.83. The molecule has 1 aromatic rings. The minimum Gasteiger partial charge on any atom is -0.371 e. The highest BCUT2D eigenvalue weighted by Gasteiger charge is 2.09. The molecular weight excluding hydrogens is 196 g/mol. The normalized spacial score (nSPS) is 11.5. The van der Waals surface area contributed by atoms with E-state index in [1.165, 1.54) is 11.3 Å². The van der Waals surface area contributed by atoms with Gasteiger partial charge in [0.05, 0.1) is 6.26 Å². The van der Waals surface area contributed by atoms with E-state index in [1.54, 1.807) is 0 Å². The van der Waals surface area contributed by atoms with Crippen molar-refractivity contribution in [3.8, 4) is 5.06 Å². The van der Waals surface area contributed by atoms with Gasteiger partial charge in [-0.05, 0) is 17.9 Å². The highest BCUT2D eigenvalue weighted by Crippen LogP contribution is 2.27. The van der Waals surface area contributed by atoms with Gasteiger partial charge in [-0.15, -0.1) is 11.3 Å². The fourth-order valence-corrected chi connectivity index (χ4v) is 2.42. The third-order valence-electron chi connectivity index (χ3n) is 1.31. The lowest BCUT2D eigenvalue weighted by Gasteiger charge is -2.00. The highest BCUT2D eigenvalue weighted by atomic mass is 32.2. The third-order valence-corrected chi connectivity index (χ3v) is 2.72. The maximum Gasteiger partial charge on any atom is 0.307 e. The van der Waals surface area contributed by atoms with Crippen LogP contribution in [0.2, 0.25) is 0 Å². The van der Waals surface area contributed by atoms with E-state index in [0.29, 0.717) is 5.06 Å². The summed E-state index contributed by atoms with van der Waals surface area (Å²) >= 11 is 1.30. The Bertz CT molecular complexity index is 350. The van der Waals surface area contributed by atoms with E-state index < -0.39 is 10.1 Å². The van der Waals surface area contributed by atoms with Crippen LogP contribution in [0.25, 0.3) is 0 Å². The molecule has 0 bridgehead atoms. The molecule has 0 aromatic carbocycles. The summed E-state index contributed by atoms with van der Waals surface area (Å²) in [5, 5.41) is 2.30. The summed E-state index contributed by atoms with van der Waals surface area (Å²) in [7, 11) is -3.37. The molecule has 3 nitrogen and oxygen atoms in total. The van der Waals surface area contributed by atoms with Gasteiger partial charge in [0.1, 0.15) is 0 Å². The second-order valence-electron chi connectivity index (χ2n) is 2.37. The number of rotatable bonds is 3. The Hall–Kier alpha value is -0.550. The van der Waals surface area contributed by atoms with Crippen LogP contribution < -0.4 is 4.18 Å². The molecular formula is C7H10O3S2. The first-order valence-corrected chi connectivity index (χ1v) is 6.18. The topological polar surface area (TPSA) is 43.4 Å². The van der Waals surface area contributed by atoms with Crippen LogP contribution >= 0.6 is 11.3 Å². The minimum atomic E-state index is -3.37. The third kappa shape index (κ3) is 2.49. The first-order chi connectivity index (χ1) is 5.53. The van der Waals surface area contributed by atoms with E-state index in [0.717, 1.165) is 18.2 Å². The number of thiophene rings is 1. The Balaban J connectivity index is 2.89. The van der Waals surface area contributed by atoms with E-state index in [2.05, 4.69) is 0 Å². The van der Waals surface area contributed by atoms with Crippen molar-refractivity contribution in [2.75, 3.05) is 6.26 Å². The smallest absolute Gasteiger partial charge is 0.307 e. The van der Waals surface area contributed by atoms with Crippen molar-refractivity contribution in [3.05, 3.63) is 17.0 Å². The predicted octanol–water partition coefficient (Wildman–Crippen LogP) is 1.65. The quantitative estimate of drug-likeness (QED) is 0.706. The maximum absolute atomic E-state index is 10.8. The molecule has 0 amide bonds. The molecule has 5 heteroatoms. The molecule has 0 fully saturated rings. The summed E-state index contributed by atoms with van der Waals surface area (Å²) in [4.78, 5) is 0. The summed E-state index contributed by atoms with van der Waals surface area (Å²) in [6, 6.07) is 1.87.